The number of carbonyl (C=O) groups is 1. The van der Waals surface area contributed by atoms with E-state index in [1.165, 1.54) is 0 Å². The van der Waals surface area contributed by atoms with Gasteiger partial charge in [0.05, 0.1) is 6.10 Å². The van der Waals surface area contributed by atoms with Crippen molar-refractivity contribution in [2.75, 3.05) is 0 Å². The van der Waals surface area contributed by atoms with Crippen molar-refractivity contribution in [1.29, 1.82) is 0 Å². The Labute approximate surface area is 49.8 Å². The number of rotatable bonds is 4. The van der Waals surface area contributed by atoms with Gasteiger partial charge in [-0.25, -0.2) is 0 Å². The topological polar surface area (TPSA) is 26.3 Å². The standard InChI is InChI=1S/C6H12O2/c1-3-4-6(2)8-5-7/h5-6H,3-4H2,1-2H3. The molecule has 0 aromatic carbocycles. The van der Waals surface area contributed by atoms with Crippen LogP contribution in [0.4, 0.5) is 0 Å². The molecule has 48 valence electrons. The van der Waals surface area contributed by atoms with Gasteiger partial charge < -0.3 is 4.74 Å². The minimum absolute atomic E-state index is 0.0949. The first-order valence-electron chi connectivity index (χ1n) is 2.90. The summed E-state index contributed by atoms with van der Waals surface area (Å²) < 4.78 is 4.60. The second-order valence-corrected chi connectivity index (χ2v) is 1.83. The molecule has 8 heavy (non-hydrogen) atoms. The number of hydrogen-bond acceptors (Lipinski definition) is 2. The van der Waals surface area contributed by atoms with Crippen LogP contribution in [0.1, 0.15) is 26.7 Å². The molecule has 0 bridgehead atoms. The van der Waals surface area contributed by atoms with E-state index in [0.717, 1.165) is 12.8 Å². The first-order valence-corrected chi connectivity index (χ1v) is 2.90. The van der Waals surface area contributed by atoms with Gasteiger partial charge >= 0.3 is 0 Å². The lowest BCUT2D eigenvalue weighted by Gasteiger charge is -2.04. The summed E-state index contributed by atoms with van der Waals surface area (Å²) in [5.41, 5.74) is 0. The summed E-state index contributed by atoms with van der Waals surface area (Å²) in [5, 5.41) is 0. The minimum Gasteiger partial charge on any atom is -0.465 e. The molecule has 0 aromatic heterocycles. The van der Waals surface area contributed by atoms with E-state index < -0.39 is 0 Å². The van der Waals surface area contributed by atoms with Gasteiger partial charge in [0.1, 0.15) is 0 Å². The SMILES string of the molecule is CCCC(C)OC=O. The normalized spacial score (nSPS) is 12.8. The van der Waals surface area contributed by atoms with Crippen molar-refractivity contribution in [2.45, 2.75) is 32.8 Å². The van der Waals surface area contributed by atoms with Crippen LogP contribution in [0.5, 0.6) is 0 Å². The predicted octanol–water partition coefficient (Wildman–Crippen LogP) is 1.35. The predicted molar refractivity (Wildman–Crippen MR) is 31.5 cm³/mol. The highest BCUT2D eigenvalue weighted by Crippen LogP contribution is 1.97. The highest BCUT2D eigenvalue weighted by Gasteiger charge is 1.96. The van der Waals surface area contributed by atoms with E-state index >= 15 is 0 Å². The molecule has 0 saturated heterocycles. The van der Waals surface area contributed by atoms with Crippen molar-refractivity contribution in [3.63, 3.8) is 0 Å². The Morgan fingerprint density at radius 3 is 2.75 bits per heavy atom. The molecule has 2 heteroatoms. The van der Waals surface area contributed by atoms with Crippen LogP contribution in [0.3, 0.4) is 0 Å². The Morgan fingerprint density at radius 2 is 2.38 bits per heavy atom. The highest BCUT2D eigenvalue weighted by molar-refractivity contribution is 5.37. The molecule has 0 heterocycles. The molecule has 0 aliphatic heterocycles. The van der Waals surface area contributed by atoms with Crippen LogP contribution in [-0.4, -0.2) is 12.6 Å². The fourth-order valence-corrected chi connectivity index (χ4v) is 0.569. The molecule has 2 nitrogen and oxygen atoms in total. The van der Waals surface area contributed by atoms with Gasteiger partial charge in [0.15, 0.2) is 0 Å². The summed E-state index contributed by atoms with van der Waals surface area (Å²) in [4.78, 5) is 9.67. The molecule has 0 radical (unpaired) electrons. The lowest BCUT2D eigenvalue weighted by atomic mass is 10.2. The largest absolute Gasteiger partial charge is 0.465 e. The van der Waals surface area contributed by atoms with Gasteiger partial charge in [0.25, 0.3) is 6.47 Å². The van der Waals surface area contributed by atoms with E-state index in [2.05, 4.69) is 11.7 Å². The number of ether oxygens (including phenoxy) is 1. The lowest BCUT2D eigenvalue weighted by Crippen LogP contribution is -2.04. The molecule has 0 aromatic rings. The third-order valence-corrected chi connectivity index (χ3v) is 0.983. The van der Waals surface area contributed by atoms with Crippen LogP contribution < -0.4 is 0 Å². The third-order valence-electron chi connectivity index (χ3n) is 0.983. The summed E-state index contributed by atoms with van der Waals surface area (Å²) in [6.45, 7) is 4.45. The van der Waals surface area contributed by atoms with Gasteiger partial charge in [0, 0.05) is 0 Å². The summed E-state index contributed by atoms with van der Waals surface area (Å²) in [6, 6.07) is 0. The molecule has 1 atom stereocenters. The monoisotopic (exact) mass is 116 g/mol. The lowest BCUT2D eigenvalue weighted by molar-refractivity contribution is -0.133. The van der Waals surface area contributed by atoms with Gasteiger partial charge in [-0.1, -0.05) is 13.3 Å². The molecular weight excluding hydrogens is 104 g/mol. The summed E-state index contributed by atoms with van der Waals surface area (Å²) in [7, 11) is 0. The van der Waals surface area contributed by atoms with Crippen LogP contribution in [0.15, 0.2) is 0 Å². The zero-order chi connectivity index (χ0) is 6.41. The Bertz CT molecular complexity index is 61.5. The first-order chi connectivity index (χ1) is 3.81. The second kappa shape index (κ2) is 4.62. The van der Waals surface area contributed by atoms with Gasteiger partial charge in [-0.2, -0.15) is 0 Å². The molecule has 0 spiro atoms. The van der Waals surface area contributed by atoms with Crippen molar-refractivity contribution in [3.8, 4) is 0 Å². The van der Waals surface area contributed by atoms with Crippen LogP contribution in [0.2, 0.25) is 0 Å². The van der Waals surface area contributed by atoms with Crippen molar-refractivity contribution < 1.29 is 9.53 Å². The molecule has 0 fully saturated rings. The fourth-order valence-electron chi connectivity index (χ4n) is 0.569. The highest BCUT2D eigenvalue weighted by atomic mass is 16.5. The molecule has 0 aliphatic rings. The van der Waals surface area contributed by atoms with Crippen molar-refractivity contribution in [2.24, 2.45) is 0 Å². The fraction of sp³-hybridized carbons (Fsp3) is 0.833. The Kier molecular flexibility index (Phi) is 4.32. The van der Waals surface area contributed by atoms with Crippen molar-refractivity contribution in [3.05, 3.63) is 0 Å². The van der Waals surface area contributed by atoms with E-state index in [9.17, 15) is 4.79 Å². The smallest absolute Gasteiger partial charge is 0.293 e. The second-order valence-electron chi connectivity index (χ2n) is 1.83. The van der Waals surface area contributed by atoms with E-state index in [-0.39, 0.29) is 6.10 Å². The van der Waals surface area contributed by atoms with Crippen molar-refractivity contribution in [1.82, 2.24) is 0 Å². The third kappa shape index (κ3) is 3.65. The maximum Gasteiger partial charge on any atom is 0.293 e. The summed E-state index contributed by atoms with van der Waals surface area (Å²) >= 11 is 0. The van der Waals surface area contributed by atoms with Crippen LogP contribution in [-0.2, 0) is 9.53 Å². The molecule has 0 amide bonds. The van der Waals surface area contributed by atoms with Gasteiger partial charge in [0.2, 0.25) is 0 Å². The molecule has 1 unspecified atom stereocenters. The Morgan fingerprint density at radius 1 is 1.75 bits per heavy atom. The van der Waals surface area contributed by atoms with Crippen LogP contribution in [0, 0.1) is 0 Å². The van der Waals surface area contributed by atoms with Gasteiger partial charge in [-0.05, 0) is 13.3 Å². The number of hydrogen-bond donors (Lipinski definition) is 0. The van der Waals surface area contributed by atoms with E-state index in [4.69, 9.17) is 0 Å². The molecule has 0 N–H and O–H groups in total. The van der Waals surface area contributed by atoms with Crippen LogP contribution in [0.25, 0.3) is 0 Å². The zero-order valence-electron chi connectivity index (χ0n) is 5.39. The van der Waals surface area contributed by atoms with E-state index in [1.54, 1.807) is 0 Å². The maximum absolute atomic E-state index is 9.67. The molecular formula is C6H12O2. The van der Waals surface area contributed by atoms with Gasteiger partial charge in [-0.15, -0.1) is 0 Å². The number of carbonyl (C=O) groups excluding carboxylic acids is 1. The average molecular weight is 116 g/mol. The first kappa shape index (κ1) is 7.47. The minimum atomic E-state index is 0.0949. The Balaban J connectivity index is 3.03. The Hall–Kier alpha value is -0.530. The van der Waals surface area contributed by atoms with Gasteiger partial charge in [-0.3, -0.25) is 4.79 Å². The van der Waals surface area contributed by atoms with E-state index in [1.807, 2.05) is 6.92 Å². The zero-order valence-corrected chi connectivity index (χ0v) is 5.39. The molecule has 0 rings (SSSR count). The maximum atomic E-state index is 9.67. The summed E-state index contributed by atoms with van der Waals surface area (Å²) in [6.07, 6.45) is 2.12. The van der Waals surface area contributed by atoms with E-state index in [0.29, 0.717) is 6.47 Å². The quantitative estimate of drug-likeness (QED) is 0.518. The molecule has 0 saturated carbocycles. The molecule has 0 aliphatic carbocycles. The van der Waals surface area contributed by atoms with Crippen LogP contribution >= 0.6 is 0 Å². The summed E-state index contributed by atoms with van der Waals surface area (Å²) in [5.74, 6) is 0. The van der Waals surface area contributed by atoms with Crippen molar-refractivity contribution >= 4 is 6.47 Å². The average Bonchev–Trinajstić information content (AvgIpc) is 1.68.